The molecule has 1 aromatic carbocycles. The summed E-state index contributed by atoms with van der Waals surface area (Å²) in [7, 11) is 0. The van der Waals surface area contributed by atoms with Crippen LogP contribution in [-0.4, -0.2) is 21.4 Å². The van der Waals surface area contributed by atoms with Gasteiger partial charge in [0.15, 0.2) is 0 Å². The van der Waals surface area contributed by atoms with Crippen LogP contribution < -0.4 is 5.32 Å². The number of rotatable bonds is 7. The van der Waals surface area contributed by atoms with Crippen LogP contribution in [0.1, 0.15) is 36.2 Å². The summed E-state index contributed by atoms with van der Waals surface area (Å²) < 4.78 is 1.99. The second kappa shape index (κ2) is 8.45. The molecule has 0 saturated carbocycles. The maximum atomic E-state index is 12.3. The average Bonchev–Trinajstić information content (AvgIpc) is 3.18. The highest BCUT2D eigenvalue weighted by atomic mass is 16.2. The van der Waals surface area contributed by atoms with Gasteiger partial charge in [-0.05, 0) is 12.5 Å². The van der Waals surface area contributed by atoms with E-state index >= 15 is 0 Å². The molecular formula is C22H23N3O2. The molecule has 138 valence electrons. The van der Waals surface area contributed by atoms with Crippen molar-refractivity contribution < 1.29 is 9.59 Å². The number of carbonyl (C=O) groups excluding carboxylic acids is 2. The monoisotopic (exact) mass is 361 g/mol. The Morgan fingerprint density at radius 1 is 1.30 bits per heavy atom. The molecule has 1 unspecified atom stereocenters. The van der Waals surface area contributed by atoms with Crippen molar-refractivity contribution in [2.45, 2.75) is 32.2 Å². The molecule has 0 spiro atoms. The molecule has 1 saturated heterocycles. The Morgan fingerprint density at radius 3 is 2.74 bits per heavy atom. The van der Waals surface area contributed by atoms with Crippen molar-refractivity contribution in [3.8, 4) is 0 Å². The minimum Gasteiger partial charge on any atom is -0.329 e. The van der Waals surface area contributed by atoms with Crippen molar-refractivity contribution in [2.24, 2.45) is 0 Å². The summed E-state index contributed by atoms with van der Waals surface area (Å²) in [6.07, 6.45) is 10.1. The zero-order valence-electron chi connectivity index (χ0n) is 15.4. The lowest BCUT2D eigenvalue weighted by Crippen LogP contribution is -2.23. The minimum absolute atomic E-state index is 0.172. The molecule has 2 amide bonds. The number of nitrogens with one attached hydrogen (secondary N) is 1. The van der Waals surface area contributed by atoms with Gasteiger partial charge in [-0.1, -0.05) is 66.8 Å². The van der Waals surface area contributed by atoms with Gasteiger partial charge in [0.2, 0.25) is 11.8 Å². The summed E-state index contributed by atoms with van der Waals surface area (Å²) in [5, 5.41) is 2.41. The van der Waals surface area contributed by atoms with Crippen LogP contribution in [0, 0.1) is 0 Å². The lowest BCUT2D eigenvalue weighted by atomic mass is 9.98. The first kappa shape index (κ1) is 18.6. The molecule has 0 radical (unpaired) electrons. The highest BCUT2D eigenvalue weighted by Gasteiger charge is 2.36. The summed E-state index contributed by atoms with van der Waals surface area (Å²) in [6.45, 7) is 6.29. The zero-order chi connectivity index (χ0) is 19.2. The fourth-order valence-electron chi connectivity index (χ4n) is 3.27. The van der Waals surface area contributed by atoms with Gasteiger partial charge in [0.25, 0.3) is 0 Å². The number of aromatic nitrogens is 2. The van der Waals surface area contributed by atoms with Crippen molar-refractivity contribution in [3.63, 3.8) is 0 Å². The molecule has 5 heteroatoms. The molecule has 1 aromatic heterocycles. The van der Waals surface area contributed by atoms with Crippen molar-refractivity contribution >= 4 is 11.8 Å². The SMILES string of the molecule is C=C/C=C\C=C(/C)Cc1ncn(Cc2ccccc2)c1C1CC(=O)NC1=O. The molecule has 2 aromatic rings. The number of allylic oxidation sites excluding steroid dienone is 5. The number of amides is 2. The van der Waals surface area contributed by atoms with Crippen LogP contribution in [-0.2, 0) is 22.6 Å². The molecule has 0 bridgehead atoms. The molecule has 1 aliphatic heterocycles. The number of carbonyl (C=O) groups is 2. The number of nitrogens with zero attached hydrogens (tertiary/aromatic N) is 2. The van der Waals surface area contributed by atoms with E-state index in [1.54, 1.807) is 12.4 Å². The van der Waals surface area contributed by atoms with Crippen LogP contribution in [0.25, 0.3) is 0 Å². The molecular weight excluding hydrogens is 338 g/mol. The topological polar surface area (TPSA) is 64.0 Å². The summed E-state index contributed by atoms with van der Waals surface area (Å²) in [6, 6.07) is 10.0. The van der Waals surface area contributed by atoms with Crippen molar-refractivity contribution in [1.82, 2.24) is 14.9 Å². The van der Waals surface area contributed by atoms with Gasteiger partial charge in [-0.2, -0.15) is 0 Å². The fourth-order valence-corrected chi connectivity index (χ4v) is 3.27. The van der Waals surface area contributed by atoms with Crippen LogP contribution in [0.3, 0.4) is 0 Å². The molecule has 5 nitrogen and oxygen atoms in total. The van der Waals surface area contributed by atoms with Gasteiger partial charge in [0.1, 0.15) is 0 Å². The standard InChI is InChI=1S/C22H23N3O2/c1-3-4-6-9-16(2)12-19-21(18-13-20(26)24-22(18)27)25(15-23-19)14-17-10-7-5-8-11-17/h3-11,15,18H,1,12-14H2,2H3,(H,24,26,27)/b6-4-,16-9+. The molecule has 1 atom stereocenters. The Hall–Kier alpha value is -3.21. The number of benzene rings is 1. The summed E-state index contributed by atoms with van der Waals surface area (Å²) >= 11 is 0. The first-order valence-corrected chi connectivity index (χ1v) is 8.95. The summed E-state index contributed by atoms with van der Waals surface area (Å²) in [5.74, 6) is -0.968. The Bertz CT molecular complexity index is 907. The second-order valence-electron chi connectivity index (χ2n) is 6.67. The largest absolute Gasteiger partial charge is 0.329 e. The van der Waals surface area contributed by atoms with E-state index in [2.05, 4.69) is 16.9 Å². The fraction of sp³-hybridized carbons (Fsp3) is 0.227. The lowest BCUT2D eigenvalue weighted by Gasteiger charge is -2.14. The third-order valence-corrected chi connectivity index (χ3v) is 4.53. The molecule has 27 heavy (non-hydrogen) atoms. The van der Waals surface area contributed by atoms with Crippen LogP contribution in [0.4, 0.5) is 0 Å². The molecule has 2 heterocycles. The van der Waals surface area contributed by atoms with Crippen molar-refractivity contribution in [2.75, 3.05) is 0 Å². The van der Waals surface area contributed by atoms with E-state index in [9.17, 15) is 9.59 Å². The molecule has 0 aliphatic carbocycles. The predicted molar refractivity (Wildman–Crippen MR) is 105 cm³/mol. The van der Waals surface area contributed by atoms with Gasteiger partial charge in [-0.3, -0.25) is 14.9 Å². The van der Waals surface area contributed by atoms with Gasteiger partial charge in [0, 0.05) is 19.4 Å². The average molecular weight is 361 g/mol. The van der Waals surface area contributed by atoms with E-state index in [4.69, 9.17) is 0 Å². The van der Waals surface area contributed by atoms with E-state index in [1.807, 2.05) is 60.1 Å². The van der Waals surface area contributed by atoms with Crippen LogP contribution >= 0.6 is 0 Å². The Balaban J connectivity index is 1.94. The van der Waals surface area contributed by atoms with Gasteiger partial charge >= 0.3 is 0 Å². The Labute approximate surface area is 159 Å². The highest BCUT2D eigenvalue weighted by molar-refractivity contribution is 6.06. The predicted octanol–water partition coefficient (Wildman–Crippen LogP) is 3.29. The normalized spacial score (nSPS) is 17.5. The Kier molecular flexibility index (Phi) is 5.81. The maximum absolute atomic E-state index is 12.3. The third kappa shape index (κ3) is 4.50. The van der Waals surface area contributed by atoms with E-state index in [-0.39, 0.29) is 18.2 Å². The van der Waals surface area contributed by atoms with Crippen molar-refractivity contribution in [3.05, 3.63) is 90.1 Å². The zero-order valence-corrected chi connectivity index (χ0v) is 15.4. The van der Waals surface area contributed by atoms with E-state index in [0.29, 0.717) is 13.0 Å². The first-order chi connectivity index (χ1) is 13.1. The van der Waals surface area contributed by atoms with Gasteiger partial charge < -0.3 is 4.57 Å². The number of imidazole rings is 1. The number of imide groups is 1. The number of hydrogen-bond acceptors (Lipinski definition) is 3. The maximum Gasteiger partial charge on any atom is 0.236 e. The van der Waals surface area contributed by atoms with E-state index < -0.39 is 5.92 Å². The van der Waals surface area contributed by atoms with Crippen LogP contribution in [0.15, 0.2) is 73.1 Å². The summed E-state index contributed by atoms with van der Waals surface area (Å²) in [5.41, 5.74) is 3.89. The number of hydrogen-bond donors (Lipinski definition) is 1. The summed E-state index contributed by atoms with van der Waals surface area (Å²) in [4.78, 5) is 28.6. The van der Waals surface area contributed by atoms with Gasteiger partial charge in [-0.25, -0.2) is 4.98 Å². The quantitative estimate of drug-likeness (QED) is 0.608. The van der Waals surface area contributed by atoms with Crippen LogP contribution in [0.5, 0.6) is 0 Å². The van der Waals surface area contributed by atoms with E-state index in [1.165, 1.54) is 0 Å². The first-order valence-electron chi connectivity index (χ1n) is 8.95. The Morgan fingerprint density at radius 2 is 2.07 bits per heavy atom. The molecule has 1 aliphatic rings. The molecule has 1 fully saturated rings. The van der Waals surface area contributed by atoms with Crippen LogP contribution in [0.2, 0.25) is 0 Å². The highest BCUT2D eigenvalue weighted by Crippen LogP contribution is 2.29. The third-order valence-electron chi connectivity index (χ3n) is 4.53. The lowest BCUT2D eigenvalue weighted by molar-refractivity contribution is -0.125. The smallest absolute Gasteiger partial charge is 0.236 e. The van der Waals surface area contributed by atoms with Gasteiger partial charge in [-0.15, -0.1) is 0 Å². The molecule has 3 rings (SSSR count). The van der Waals surface area contributed by atoms with E-state index in [0.717, 1.165) is 22.5 Å². The van der Waals surface area contributed by atoms with Gasteiger partial charge in [0.05, 0.1) is 23.6 Å². The minimum atomic E-state index is -0.491. The molecule has 1 N–H and O–H groups in total. The second-order valence-corrected chi connectivity index (χ2v) is 6.67. The van der Waals surface area contributed by atoms with Crippen molar-refractivity contribution in [1.29, 1.82) is 0 Å².